The van der Waals surface area contributed by atoms with Gasteiger partial charge in [-0.25, -0.2) is 8.42 Å². The summed E-state index contributed by atoms with van der Waals surface area (Å²) in [7, 11) is -3.74. The van der Waals surface area contributed by atoms with Gasteiger partial charge in [0.05, 0.1) is 10.9 Å². The molecule has 1 aromatic heterocycles. The lowest BCUT2D eigenvalue weighted by atomic mass is 9.92. The quantitative estimate of drug-likeness (QED) is 0.644. The lowest BCUT2D eigenvalue weighted by Gasteiger charge is -2.36. The number of fused-ring (bicyclic) bond motifs is 1. The molecular formula is C24H25N3O3S. The van der Waals surface area contributed by atoms with Crippen LogP contribution in [-0.2, 0) is 27.8 Å². The lowest BCUT2D eigenvalue weighted by molar-refractivity contribution is -0.122. The Hall–Kier alpha value is -3.03. The highest BCUT2D eigenvalue weighted by molar-refractivity contribution is 7.89. The predicted octanol–water partition coefficient (Wildman–Crippen LogP) is 3.38. The lowest BCUT2D eigenvalue weighted by Crippen LogP contribution is -2.42. The molecule has 0 saturated heterocycles. The van der Waals surface area contributed by atoms with Crippen LogP contribution in [0.25, 0.3) is 0 Å². The van der Waals surface area contributed by atoms with Crippen molar-refractivity contribution in [3.05, 3.63) is 95.3 Å². The maximum atomic E-state index is 13.5. The summed E-state index contributed by atoms with van der Waals surface area (Å²) >= 11 is 0. The Labute approximate surface area is 183 Å². The van der Waals surface area contributed by atoms with Crippen LogP contribution in [-0.4, -0.2) is 30.2 Å². The Morgan fingerprint density at radius 2 is 1.87 bits per heavy atom. The number of hydrogen-bond acceptors (Lipinski definition) is 4. The van der Waals surface area contributed by atoms with Gasteiger partial charge in [-0.05, 0) is 48.2 Å². The molecule has 0 bridgehead atoms. The van der Waals surface area contributed by atoms with Crippen LogP contribution < -0.4 is 5.32 Å². The molecule has 1 N–H and O–H groups in total. The SMILES string of the molecule is Cc1ccc(S(=O)(=O)N2CCc3ccccc3C2CC(=O)NCc2cccnc2)cc1. The predicted molar refractivity (Wildman–Crippen MR) is 119 cm³/mol. The summed E-state index contributed by atoms with van der Waals surface area (Å²) in [5.74, 6) is -0.199. The molecule has 1 amide bonds. The molecule has 160 valence electrons. The fourth-order valence-corrected chi connectivity index (χ4v) is 5.53. The summed E-state index contributed by atoms with van der Waals surface area (Å²) in [6.45, 7) is 2.61. The van der Waals surface area contributed by atoms with Crippen LogP contribution in [0.4, 0.5) is 0 Å². The second-order valence-corrected chi connectivity index (χ2v) is 9.63. The van der Waals surface area contributed by atoms with Crippen LogP contribution in [0.5, 0.6) is 0 Å². The Balaban J connectivity index is 1.60. The van der Waals surface area contributed by atoms with Gasteiger partial charge in [-0.15, -0.1) is 0 Å². The number of nitrogens with zero attached hydrogens (tertiary/aromatic N) is 2. The zero-order valence-electron chi connectivity index (χ0n) is 17.4. The number of carbonyl (C=O) groups excluding carboxylic acids is 1. The minimum atomic E-state index is -3.74. The highest BCUT2D eigenvalue weighted by atomic mass is 32.2. The fraction of sp³-hybridized carbons (Fsp3) is 0.250. The van der Waals surface area contributed by atoms with Gasteiger partial charge in [0.1, 0.15) is 0 Å². The van der Waals surface area contributed by atoms with Gasteiger partial charge in [-0.3, -0.25) is 9.78 Å². The summed E-state index contributed by atoms with van der Waals surface area (Å²) in [5, 5.41) is 2.90. The van der Waals surface area contributed by atoms with Crippen LogP contribution in [0.1, 0.15) is 34.7 Å². The zero-order valence-corrected chi connectivity index (χ0v) is 18.2. The van der Waals surface area contributed by atoms with Crippen molar-refractivity contribution in [3.63, 3.8) is 0 Å². The van der Waals surface area contributed by atoms with Crippen molar-refractivity contribution in [1.82, 2.24) is 14.6 Å². The van der Waals surface area contributed by atoms with Crippen LogP contribution in [0.2, 0.25) is 0 Å². The summed E-state index contributed by atoms with van der Waals surface area (Å²) < 4.78 is 28.4. The van der Waals surface area contributed by atoms with E-state index in [1.54, 1.807) is 36.7 Å². The standard InChI is InChI=1S/C24H25N3O3S/c1-18-8-10-21(11-9-18)31(29,30)27-14-12-20-6-2-3-7-22(20)23(27)15-24(28)26-17-19-5-4-13-25-16-19/h2-11,13,16,23H,12,14-15,17H2,1H3,(H,26,28). The summed E-state index contributed by atoms with van der Waals surface area (Å²) in [6.07, 6.45) is 4.06. The van der Waals surface area contributed by atoms with Crippen molar-refractivity contribution >= 4 is 15.9 Å². The molecule has 1 atom stereocenters. The number of pyridine rings is 1. The summed E-state index contributed by atoms with van der Waals surface area (Å²) in [5.41, 5.74) is 3.86. The second-order valence-electron chi connectivity index (χ2n) is 7.74. The normalized spacial score (nSPS) is 16.5. The van der Waals surface area contributed by atoms with E-state index < -0.39 is 16.1 Å². The first-order valence-electron chi connectivity index (χ1n) is 10.3. The fourth-order valence-electron chi connectivity index (χ4n) is 3.92. The van der Waals surface area contributed by atoms with Crippen LogP contribution in [0.3, 0.4) is 0 Å². The van der Waals surface area contributed by atoms with E-state index >= 15 is 0 Å². The van der Waals surface area contributed by atoms with Gasteiger partial charge in [0.2, 0.25) is 15.9 Å². The number of hydrogen-bond donors (Lipinski definition) is 1. The Morgan fingerprint density at radius 3 is 2.61 bits per heavy atom. The first-order chi connectivity index (χ1) is 14.9. The minimum Gasteiger partial charge on any atom is -0.352 e. The van der Waals surface area contributed by atoms with Crippen molar-refractivity contribution < 1.29 is 13.2 Å². The van der Waals surface area contributed by atoms with Crippen LogP contribution in [0, 0.1) is 6.92 Å². The van der Waals surface area contributed by atoms with E-state index in [0.29, 0.717) is 19.5 Å². The number of rotatable bonds is 6. The van der Waals surface area contributed by atoms with E-state index in [4.69, 9.17) is 0 Å². The molecule has 0 aliphatic carbocycles. The van der Waals surface area contributed by atoms with Gasteiger partial charge in [0.15, 0.2) is 0 Å². The number of carbonyl (C=O) groups is 1. The molecule has 2 aromatic carbocycles. The maximum Gasteiger partial charge on any atom is 0.243 e. The van der Waals surface area contributed by atoms with E-state index in [2.05, 4.69) is 10.3 Å². The topological polar surface area (TPSA) is 79.4 Å². The number of aromatic nitrogens is 1. The molecule has 3 aromatic rings. The summed E-state index contributed by atoms with van der Waals surface area (Å²) in [6, 6.07) is 17.8. The van der Waals surface area contributed by atoms with E-state index in [0.717, 1.165) is 22.3 Å². The van der Waals surface area contributed by atoms with Crippen molar-refractivity contribution in [2.75, 3.05) is 6.54 Å². The van der Waals surface area contributed by atoms with Crippen molar-refractivity contribution in [1.29, 1.82) is 0 Å². The average molecular weight is 436 g/mol. The Bertz CT molecular complexity index is 1160. The van der Waals surface area contributed by atoms with Crippen LogP contribution >= 0.6 is 0 Å². The first kappa shape index (κ1) is 21.2. The molecule has 1 aliphatic heterocycles. The Morgan fingerprint density at radius 1 is 1.10 bits per heavy atom. The summed E-state index contributed by atoms with van der Waals surface area (Å²) in [4.78, 5) is 17.1. The van der Waals surface area contributed by atoms with Crippen molar-refractivity contribution in [2.45, 2.75) is 37.2 Å². The Kier molecular flexibility index (Phi) is 6.15. The highest BCUT2D eigenvalue weighted by Crippen LogP contribution is 2.36. The molecule has 0 radical (unpaired) electrons. The number of amides is 1. The third-order valence-corrected chi connectivity index (χ3v) is 7.50. The molecule has 0 saturated carbocycles. The maximum absolute atomic E-state index is 13.5. The third-order valence-electron chi connectivity index (χ3n) is 5.58. The van der Waals surface area contributed by atoms with E-state index in [-0.39, 0.29) is 17.2 Å². The number of sulfonamides is 1. The molecule has 0 spiro atoms. The third kappa shape index (κ3) is 4.68. The van der Waals surface area contributed by atoms with Gasteiger partial charge in [0.25, 0.3) is 0 Å². The molecule has 1 aliphatic rings. The van der Waals surface area contributed by atoms with Crippen LogP contribution in [0.15, 0.2) is 78.0 Å². The monoisotopic (exact) mass is 435 g/mol. The van der Waals surface area contributed by atoms with Gasteiger partial charge >= 0.3 is 0 Å². The molecule has 31 heavy (non-hydrogen) atoms. The molecule has 4 rings (SSSR count). The van der Waals surface area contributed by atoms with E-state index in [1.165, 1.54) is 4.31 Å². The van der Waals surface area contributed by atoms with Gasteiger partial charge < -0.3 is 5.32 Å². The average Bonchev–Trinajstić information content (AvgIpc) is 2.79. The van der Waals surface area contributed by atoms with Crippen molar-refractivity contribution in [3.8, 4) is 0 Å². The first-order valence-corrected chi connectivity index (χ1v) is 11.7. The number of nitrogens with one attached hydrogen (secondary N) is 1. The second kappa shape index (κ2) is 8.99. The van der Waals surface area contributed by atoms with E-state index in [1.807, 2.05) is 43.3 Å². The zero-order chi connectivity index (χ0) is 21.8. The molecule has 2 heterocycles. The smallest absolute Gasteiger partial charge is 0.243 e. The van der Waals surface area contributed by atoms with E-state index in [9.17, 15) is 13.2 Å². The number of benzene rings is 2. The van der Waals surface area contributed by atoms with Gasteiger partial charge in [-0.2, -0.15) is 4.31 Å². The molecule has 7 heteroatoms. The number of aryl methyl sites for hydroxylation is 1. The largest absolute Gasteiger partial charge is 0.352 e. The molecule has 1 unspecified atom stereocenters. The van der Waals surface area contributed by atoms with Crippen molar-refractivity contribution in [2.24, 2.45) is 0 Å². The molecule has 0 fully saturated rings. The highest BCUT2D eigenvalue weighted by Gasteiger charge is 2.37. The minimum absolute atomic E-state index is 0.0579. The van der Waals surface area contributed by atoms with Gasteiger partial charge in [0, 0.05) is 31.9 Å². The van der Waals surface area contributed by atoms with Gasteiger partial charge in [-0.1, -0.05) is 48.0 Å². The molecule has 6 nitrogen and oxygen atoms in total. The molecular weight excluding hydrogens is 410 g/mol.